The van der Waals surface area contributed by atoms with Crippen LogP contribution in [0.25, 0.3) is 5.69 Å². The fourth-order valence-corrected chi connectivity index (χ4v) is 4.12. The molecule has 2 aromatic heterocycles. The van der Waals surface area contributed by atoms with Gasteiger partial charge in [-0.2, -0.15) is 9.78 Å². The fraction of sp³-hybridized carbons (Fsp3) is 0.292. The molecule has 9 heteroatoms. The maximum atomic E-state index is 14.9. The Kier molecular flexibility index (Phi) is 4.93. The topological polar surface area (TPSA) is 87.1 Å². The Hall–Kier alpha value is -3.72. The van der Waals surface area contributed by atoms with Crippen LogP contribution in [0.5, 0.6) is 11.6 Å². The number of rotatable bonds is 5. The summed E-state index contributed by atoms with van der Waals surface area (Å²) in [5.41, 5.74) is 0.326. The van der Waals surface area contributed by atoms with Gasteiger partial charge in [-0.1, -0.05) is 30.3 Å². The monoisotopic (exact) mass is 449 g/mol. The molecule has 1 aliphatic heterocycles. The summed E-state index contributed by atoms with van der Waals surface area (Å²) in [4.78, 5) is 13.1. The summed E-state index contributed by atoms with van der Waals surface area (Å²) in [6.45, 7) is 3.22. The number of halogens is 1. The minimum absolute atomic E-state index is 0.0222. The molecular weight excluding hydrogens is 425 g/mol. The van der Waals surface area contributed by atoms with E-state index in [1.807, 2.05) is 30.3 Å². The Morgan fingerprint density at radius 1 is 1.12 bits per heavy atom. The Morgan fingerprint density at radius 2 is 1.88 bits per heavy atom. The van der Waals surface area contributed by atoms with E-state index in [2.05, 4.69) is 10.2 Å². The number of fused-ring (bicyclic) bond motifs is 1. The second-order valence-corrected chi connectivity index (χ2v) is 8.71. The molecular formula is C24H24FN5O3. The molecule has 0 bridgehead atoms. The summed E-state index contributed by atoms with van der Waals surface area (Å²) in [6, 6.07) is 15.6. The Balaban J connectivity index is 1.45. The Bertz CT molecular complexity index is 1380. The molecule has 0 radical (unpaired) electrons. The van der Waals surface area contributed by atoms with Gasteiger partial charge in [0.05, 0.1) is 17.4 Å². The van der Waals surface area contributed by atoms with Gasteiger partial charge in [0.2, 0.25) is 5.88 Å². The number of nitrogens with zero attached hydrogens (tertiary/aromatic N) is 5. The van der Waals surface area contributed by atoms with Crippen LogP contribution < -0.4 is 10.4 Å². The lowest BCUT2D eigenvalue weighted by Crippen LogP contribution is -2.26. The van der Waals surface area contributed by atoms with Crippen molar-refractivity contribution in [1.82, 2.24) is 24.1 Å². The molecule has 4 aromatic rings. The van der Waals surface area contributed by atoms with Crippen LogP contribution in [-0.2, 0) is 19.1 Å². The molecule has 3 heterocycles. The highest BCUT2D eigenvalue weighted by atomic mass is 19.1. The van der Waals surface area contributed by atoms with Gasteiger partial charge in [-0.15, -0.1) is 5.10 Å². The Labute approximate surface area is 189 Å². The second kappa shape index (κ2) is 7.70. The van der Waals surface area contributed by atoms with Gasteiger partial charge >= 0.3 is 5.69 Å². The molecule has 0 aliphatic carbocycles. The fourth-order valence-electron chi connectivity index (χ4n) is 4.12. The van der Waals surface area contributed by atoms with Crippen molar-refractivity contribution >= 4 is 0 Å². The lowest BCUT2D eigenvalue weighted by molar-refractivity contribution is 0.0732. The molecule has 1 unspecified atom stereocenters. The van der Waals surface area contributed by atoms with Crippen molar-refractivity contribution in [2.75, 3.05) is 0 Å². The number of hydrogen-bond acceptors (Lipinski definition) is 5. The Morgan fingerprint density at radius 3 is 2.55 bits per heavy atom. The number of hydrogen-bond donors (Lipinski definition) is 1. The van der Waals surface area contributed by atoms with Crippen LogP contribution in [0.1, 0.15) is 43.4 Å². The first kappa shape index (κ1) is 21.1. The summed E-state index contributed by atoms with van der Waals surface area (Å²) in [6.07, 6.45) is 1.48. The maximum Gasteiger partial charge on any atom is 0.351 e. The van der Waals surface area contributed by atoms with E-state index in [1.54, 1.807) is 37.6 Å². The van der Waals surface area contributed by atoms with Gasteiger partial charge in [-0.3, -0.25) is 4.57 Å². The minimum atomic E-state index is -1.15. The largest absolute Gasteiger partial charge is 0.436 e. The van der Waals surface area contributed by atoms with Crippen molar-refractivity contribution in [3.8, 4) is 17.3 Å². The molecule has 1 atom stereocenters. The standard InChI is InChI=1S/C24H24FN5O3/c1-24(2,32)20-14-22(28(3)26-20)33-19-11-9-16(13-17(19)25)30-23(31)29-18(10-12-21(29)27-30)15-7-5-4-6-8-15/h4-9,11,13-14,18,32H,10,12H2,1-3H3. The highest BCUT2D eigenvalue weighted by Crippen LogP contribution is 2.31. The third-order valence-electron chi connectivity index (χ3n) is 5.86. The summed E-state index contributed by atoms with van der Waals surface area (Å²) in [7, 11) is 1.65. The molecule has 0 amide bonds. The van der Waals surface area contributed by atoms with Gasteiger partial charge in [-0.05, 0) is 38.0 Å². The lowest BCUT2D eigenvalue weighted by atomic mass is 10.1. The predicted octanol–water partition coefficient (Wildman–Crippen LogP) is 3.46. The van der Waals surface area contributed by atoms with Crippen molar-refractivity contribution in [3.05, 3.63) is 88.0 Å². The molecule has 8 nitrogen and oxygen atoms in total. The molecule has 0 spiro atoms. The molecule has 1 N–H and O–H groups in total. The van der Waals surface area contributed by atoms with Crippen LogP contribution in [-0.4, -0.2) is 29.2 Å². The van der Waals surface area contributed by atoms with Gasteiger partial charge < -0.3 is 9.84 Å². The van der Waals surface area contributed by atoms with Crippen molar-refractivity contribution in [1.29, 1.82) is 0 Å². The van der Waals surface area contributed by atoms with Gasteiger partial charge in [0.25, 0.3) is 0 Å². The first-order valence-electron chi connectivity index (χ1n) is 10.7. The quantitative estimate of drug-likeness (QED) is 0.504. The second-order valence-electron chi connectivity index (χ2n) is 8.71. The average molecular weight is 449 g/mol. The molecule has 5 rings (SSSR count). The van der Waals surface area contributed by atoms with Crippen molar-refractivity contribution in [3.63, 3.8) is 0 Å². The number of ether oxygens (including phenoxy) is 1. The summed E-state index contributed by atoms with van der Waals surface area (Å²) < 4.78 is 24.9. The highest BCUT2D eigenvalue weighted by molar-refractivity contribution is 5.40. The molecule has 0 saturated carbocycles. The molecule has 0 fully saturated rings. The lowest BCUT2D eigenvalue weighted by Gasteiger charge is -2.12. The van der Waals surface area contributed by atoms with Gasteiger partial charge in [0.15, 0.2) is 11.6 Å². The molecule has 0 saturated heterocycles. The van der Waals surface area contributed by atoms with Crippen molar-refractivity contribution in [2.24, 2.45) is 7.05 Å². The van der Waals surface area contributed by atoms with E-state index in [9.17, 15) is 14.3 Å². The van der Waals surface area contributed by atoms with Crippen LogP contribution in [0.2, 0.25) is 0 Å². The first-order chi connectivity index (χ1) is 15.7. The SMILES string of the molecule is Cn1nc(C(C)(C)O)cc1Oc1ccc(-n2nc3n(c2=O)C(c2ccccc2)CC3)cc1F. The maximum absolute atomic E-state index is 14.9. The summed E-state index contributed by atoms with van der Waals surface area (Å²) >= 11 is 0. The van der Waals surface area contributed by atoms with Crippen LogP contribution >= 0.6 is 0 Å². The van der Waals surface area contributed by atoms with E-state index in [1.165, 1.54) is 21.5 Å². The minimum Gasteiger partial charge on any atom is -0.436 e. The molecule has 170 valence electrons. The third-order valence-corrected chi connectivity index (χ3v) is 5.86. The van der Waals surface area contributed by atoms with Crippen molar-refractivity contribution < 1.29 is 14.2 Å². The predicted molar refractivity (Wildman–Crippen MR) is 119 cm³/mol. The average Bonchev–Trinajstić information content (AvgIpc) is 3.45. The number of aryl methyl sites for hydroxylation is 2. The van der Waals surface area contributed by atoms with E-state index < -0.39 is 11.4 Å². The zero-order chi connectivity index (χ0) is 23.3. The van der Waals surface area contributed by atoms with Crippen LogP contribution in [0.3, 0.4) is 0 Å². The van der Waals surface area contributed by atoms with E-state index in [0.717, 1.165) is 12.0 Å². The van der Waals surface area contributed by atoms with E-state index in [-0.39, 0.29) is 23.4 Å². The van der Waals surface area contributed by atoms with E-state index in [0.29, 0.717) is 23.6 Å². The zero-order valence-electron chi connectivity index (χ0n) is 18.6. The molecule has 1 aliphatic rings. The first-order valence-corrected chi connectivity index (χ1v) is 10.7. The van der Waals surface area contributed by atoms with Crippen LogP contribution in [0.15, 0.2) is 59.4 Å². The van der Waals surface area contributed by atoms with E-state index in [4.69, 9.17) is 4.74 Å². The van der Waals surface area contributed by atoms with Crippen LogP contribution in [0.4, 0.5) is 4.39 Å². The van der Waals surface area contributed by atoms with Crippen LogP contribution in [0, 0.1) is 5.82 Å². The number of aliphatic hydroxyl groups is 1. The smallest absolute Gasteiger partial charge is 0.351 e. The van der Waals surface area contributed by atoms with Gasteiger partial charge in [0.1, 0.15) is 11.4 Å². The van der Waals surface area contributed by atoms with Crippen molar-refractivity contribution in [2.45, 2.75) is 38.3 Å². The summed E-state index contributed by atoms with van der Waals surface area (Å²) in [5, 5.41) is 18.8. The van der Waals surface area contributed by atoms with E-state index >= 15 is 0 Å². The van der Waals surface area contributed by atoms with Gasteiger partial charge in [-0.25, -0.2) is 13.9 Å². The number of aromatic nitrogens is 5. The number of benzene rings is 2. The normalized spacial score (nSPS) is 15.6. The third kappa shape index (κ3) is 3.74. The molecule has 33 heavy (non-hydrogen) atoms. The zero-order valence-corrected chi connectivity index (χ0v) is 18.6. The molecule has 2 aromatic carbocycles. The summed E-state index contributed by atoms with van der Waals surface area (Å²) in [5.74, 6) is 0.301. The van der Waals surface area contributed by atoms with Gasteiger partial charge in [0, 0.05) is 25.6 Å². The highest BCUT2D eigenvalue weighted by Gasteiger charge is 2.29.